The molecule has 4 rings (SSSR count). The Balaban J connectivity index is 1.88. The molecule has 0 saturated carbocycles. The van der Waals surface area contributed by atoms with Crippen molar-refractivity contribution in [3.8, 4) is 12.1 Å². The second-order valence-electron chi connectivity index (χ2n) is 11.5. The third kappa shape index (κ3) is 6.07. The highest BCUT2D eigenvalue weighted by atomic mass is 19.3. The lowest BCUT2D eigenvalue weighted by Gasteiger charge is -2.24. The number of anilines is 2. The fourth-order valence-electron chi connectivity index (χ4n) is 4.21. The van der Waals surface area contributed by atoms with Crippen molar-refractivity contribution in [2.75, 3.05) is 17.2 Å². The van der Waals surface area contributed by atoms with Crippen LogP contribution in [0.15, 0.2) is 36.7 Å². The van der Waals surface area contributed by atoms with Crippen molar-refractivity contribution in [1.29, 1.82) is 10.5 Å². The van der Waals surface area contributed by atoms with Crippen LogP contribution in [-0.4, -0.2) is 37.9 Å². The number of hydrogen-bond donors (Lipinski definition) is 2. The van der Waals surface area contributed by atoms with Crippen molar-refractivity contribution in [3.05, 3.63) is 70.7 Å². The smallest absolute Gasteiger partial charge is 0.262 e. The van der Waals surface area contributed by atoms with E-state index in [2.05, 4.69) is 63.8 Å². The molecule has 0 aliphatic rings. The molecule has 0 spiro atoms. The normalized spacial score (nSPS) is 12.7. The molecule has 1 unspecified atom stereocenters. The summed E-state index contributed by atoms with van der Waals surface area (Å²) in [6.45, 7) is 11.0. The maximum absolute atomic E-state index is 13.9. The Kier molecular flexibility index (Phi) is 7.89. The fourth-order valence-corrected chi connectivity index (χ4v) is 4.21. The molecule has 0 saturated heterocycles. The third-order valence-corrected chi connectivity index (χ3v) is 6.65. The minimum absolute atomic E-state index is 0.105. The van der Waals surface area contributed by atoms with Crippen LogP contribution in [0.5, 0.6) is 0 Å². The van der Waals surface area contributed by atoms with Gasteiger partial charge in [-0.15, -0.1) is 5.10 Å². The number of rotatable bonds is 8. The van der Waals surface area contributed by atoms with Gasteiger partial charge in [0.25, 0.3) is 6.43 Å². The van der Waals surface area contributed by atoms with Gasteiger partial charge < -0.3 is 10.6 Å². The maximum Gasteiger partial charge on any atom is 0.262 e. The van der Waals surface area contributed by atoms with E-state index in [4.69, 9.17) is 0 Å². The molecular weight excluding hydrogens is 531 g/mol. The molecule has 1 aromatic carbocycles. The van der Waals surface area contributed by atoms with Crippen LogP contribution < -0.4 is 10.6 Å². The Morgan fingerprint density at radius 2 is 1.76 bits per heavy atom. The monoisotopic (exact) mass is 561 g/mol. The molecule has 41 heavy (non-hydrogen) atoms. The number of pyridine rings is 2. The number of nitrogens with one attached hydrogen (secondary N) is 2. The van der Waals surface area contributed by atoms with Gasteiger partial charge in [0.05, 0.1) is 34.6 Å². The van der Waals surface area contributed by atoms with Crippen LogP contribution in [0.1, 0.15) is 68.7 Å². The predicted octanol–water partition coefficient (Wildman–Crippen LogP) is 6.07. The topological polar surface area (TPSA) is 128 Å². The van der Waals surface area contributed by atoms with Crippen molar-refractivity contribution in [3.63, 3.8) is 0 Å². The van der Waals surface area contributed by atoms with Crippen LogP contribution in [0.2, 0.25) is 0 Å². The summed E-state index contributed by atoms with van der Waals surface area (Å²) in [6.07, 6.45) is 0.128. The van der Waals surface area contributed by atoms with E-state index < -0.39 is 24.0 Å². The van der Waals surface area contributed by atoms with Crippen LogP contribution in [0.4, 0.5) is 24.5 Å². The molecular formula is C29H30F3N9. The quantitative estimate of drug-likeness (QED) is 0.248. The molecule has 212 valence electrons. The van der Waals surface area contributed by atoms with E-state index in [0.29, 0.717) is 45.6 Å². The summed E-state index contributed by atoms with van der Waals surface area (Å²) in [5, 5.41) is 35.1. The molecule has 0 aliphatic heterocycles. The molecule has 12 heteroatoms. The SMILES string of the molecule is Cc1nc(F)ccc1C(Nc1cc(C#N)c2ncc(C#N)c(NCC(C)(C)C)c2c1)c1cn(C(C)(C)C(F)F)nn1. The van der Waals surface area contributed by atoms with Crippen LogP contribution in [-0.2, 0) is 5.54 Å². The summed E-state index contributed by atoms with van der Waals surface area (Å²) in [5.41, 5.74) is 1.41. The van der Waals surface area contributed by atoms with Crippen molar-refractivity contribution < 1.29 is 13.2 Å². The van der Waals surface area contributed by atoms with Crippen LogP contribution in [0.3, 0.4) is 0 Å². The average molecular weight is 562 g/mol. The third-order valence-electron chi connectivity index (χ3n) is 6.65. The second kappa shape index (κ2) is 11.0. The van der Waals surface area contributed by atoms with Crippen molar-refractivity contribution >= 4 is 22.3 Å². The van der Waals surface area contributed by atoms with E-state index in [9.17, 15) is 23.7 Å². The minimum Gasteiger partial charge on any atom is -0.383 e. The molecule has 0 aliphatic carbocycles. The van der Waals surface area contributed by atoms with Gasteiger partial charge in [-0.25, -0.2) is 18.4 Å². The summed E-state index contributed by atoms with van der Waals surface area (Å²) < 4.78 is 42.5. The van der Waals surface area contributed by atoms with Crippen LogP contribution >= 0.6 is 0 Å². The Labute approximate surface area is 236 Å². The molecule has 0 bridgehead atoms. The number of hydrogen-bond acceptors (Lipinski definition) is 8. The van der Waals surface area contributed by atoms with E-state index in [1.165, 1.54) is 38.4 Å². The van der Waals surface area contributed by atoms with Gasteiger partial charge in [-0.3, -0.25) is 4.98 Å². The summed E-state index contributed by atoms with van der Waals surface area (Å²) in [4.78, 5) is 8.30. The number of aromatic nitrogens is 5. The molecule has 0 fully saturated rings. The lowest BCUT2D eigenvalue weighted by atomic mass is 9.96. The highest BCUT2D eigenvalue weighted by Gasteiger charge is 2.34. The molecule has 3 heterocycles. The van der Waals surface area contributed by atoms with E-state index in [1.807, 2.05) is 0 Å². The molecule has 4 aromatic rings. The molecule has 0 amide bonds. The van der Waals surface area contributed by atoms with Crippen molar-refractivity contribution in [2.24, 2.45) is 5.41 Å². The fraction of sp³-hybridized carbons (Fsp3) is 0.379. The summed E-state index contributed by atoms with van der Waals surface area (Å²) in [7, 11) is 0. The Hall–Kier alpha value is -4.71. The second-order valence-corrected chi connectivity index (χ2v) is 11.5. The van der Waals surface area contributed by atoms with Crippen LogP contribution in [0.25, 0.3) is 10.9 Å². The standard InChI is InChI=1S/C29H30F3N9/c1-16-20(7-8-23(30)37-16)26(22-14-41(40-39-22)29(5,6)27(31)32)38-19-9-17(11-33)24-21(10-19)25(18(12-34)13-35-24)36-15-28(2,3)4/h7-10,13-14,26-27,38H,15H2,1-6H3,(H,35,36). The predicted molar refractivity (Wildman–Crippen MR) is 149 cm³/mol. The highest BCUT2D eigenvalue weighted by Crippen LogP contribution is 2.35. The molecule has 0 radical (unpaired) electrons. The number of aryl methyl sites for hydroxylation is 1. The summed E-state index contributed by atoms with van der Waals surface area (Å²) >= 11 is 0. The first-order chi connectivity index (χ1) is 19.2. The summed E-state index contributed by atoms with van der Waals surface area (Å²) in [5.74, 6) is -0.672. The largest absolute Gasteiger partial charge is 0.383 e. The number of nitriles is 2. The van der Waals surface area contributed by atoms with E-state index in [1.54, 1.807) is 19.1 Å². The van der Waals surface area contributed by atoms with Gasteiger partial charge in [0.2, 0.25) is 5.95 Å². The Morgan fingerprint density at radius 3 is 2.37 bits per heavy atom. The maximum atomic E-state index is 13.9. The summed E-state index contributed by atoms with van der Waals surface area (Å²) in [6, 6.07) is 9.60. The van der Waals surface area contributed by atoms with Gasteiger partial charge in [-0.1, -0.05) is 32.1 Å². The zero-order chi connectivity index (χ0) is 30.1. The van der Waals surface area contributed by atoms with Gasteiger partial charge in [0.15, 0.2) is 0 Å². The first-order valence-corrected chi connectivity index (χ1v) is 12.9. The highest BCUT2D eigenvalue weighted by molar-refractivity contribution is 5.99. The van der Waals surface area contributed by atoms with Gasteiger partial charge in [0, 0.05) is 35.1 Å². The minimum atomic E-state index is -2.71. The van der Waals surface area contributed by atoms with E-state index in [0.717, 1.165) is 4.68 Å². The number of halogens is 3. The molecule has 9 nitrogen and oxygen atoms in total. The Bertz CT molecular complexity index is 1670. The van der Waals surface area contributed by atoms with Crippen molar-refractivity contribution in [1.82, 2.24) is 25.0 Å². The first kappa shape index (κ1) is 29.3. The number of nitrogens with zero attached hydrogens (tertiary/aromatic N) is 7. The number of alkyl halides is 2. The number of benzene rings is 1. The zero-order valence-electron chi connectivity index (χ0n) is 23.6. The lowest BCUT2D eigenvalue weighted by Crippen LogP contribution is -2.34. The average Bonchev–Trinajstić information content (AvgIpc) is 3.40. The van der Waals surface area contributed by atoms with Crippen LogP contribution in [0, 0.1) is 40.9 Å². The van der Waals surface area contributed by atoms with Gasteiger partial charge in [-0.2, -0.15) is 14.9 Å². The Morgan fingerprint density at radius 1 is 1.05 bits per heavy atom. The van der Waals surface area contributed by atoms with E-state index >= 15 is 0 Å². The number of fused-ring (bicyclic) bond motifs is 1. The lowest BCUT2D eigenvalue weighted by molar-refractivity contribution is 0.0191. The van der Waals surface area contributed by atoms with E-state index in [-0.39, 0.29) is 16.7 Å². The molecule has 2 N–H and O–H groups in total. The zero-order valence-corrected chi connectivity index (χ0v) is 23.6. The van der Waals surface area contributed by atoms with Gasteiger partial charge >= 0.3 is 0 Å². The first-order valence-electron chi connectivity index (χ1n) is 12.9. The van der Waals surface area contributed by atoms with Gasteiger partial charge in [0.1, 0.15) is 23.4 Å². The molecule has 1 atom stereocenters. The van der Waals surface area contributed by atoms with Crippen molar-refractivity contribution in [2.45, 2.75) is 59.5 Å². The molecule has 3 aromatic heterocycles. The van der Waals surface area contributed by atoms with Gasteiger partial charge in [-0.05, 0) is 44.4 Å².